The van der Waals surface area contributed by atoms with Gasteiger partial charge in [0.05, 0.1) is 5.56 Å². The lowest BCUT2D eigenvalue weighted by molar-refractivity contribution is 0.0684. The number of nitrogens with one attached hydrogen (secondary N) is 2. The SMILES string of the molecule is O=C(Nc1ccccc1)Nc1ccc(OC(c2ccccc2)c2ccccc2)c(C(=O)N2CCC(Cc3ccccc3)CC2)c1. The predicted molar refractivity (Wildman–Crippen MR) is 180 cm³/mol. The van der Waals surface area contributed by atoms with E-state index < -0.39 is 6.10 Å². The lowest BCUT2D eigenvalue weighted by Crippen LogP contribution is -2.39. The maximum atomic E-state index is 14.2. The first-order valence-electron chi connectivity index (χ1n) is 15.5. The Morgan fingerprint density at radius 3 is 1.80 bits per heavy atom. The molecular formula is C39H37N3O3. The zero-order valence-electron chi connectivity index (χ0n) is 25.1. The number of benzene rings is 5. The molecule has 0 radical (unpaired) electrons. The molecule has 45 heavy (non-hydrogen) atoms. The second-order valence-corrected chi connectivity index (χ2v) is 11.4. The van der Waals surface area contributed by atoms with Crippen LogP contribution < -0.4 is 15.4 Å². The van der Waals surface area contributed by atoms with Gasteiger partial charge in [-0.2, -0.15) is 0 Å². The molecule has 6 rings (SSSR count). The number of ether oxygens (including phenoxy) is 1. The number of rotatable bonds is 9. The molecule has 5 aromatic carbocycles. The number of nitrogens with zero attached hydrogens (tertiary/aromatic N) is 1. The van der Waals surface area contributed by atoms with Crippen LogP contribution in [0, 0.1) is 5.92 Å². The van der Waals surface area contributed by atoms with E-state index in [0.717, 1.165) is 30.4 Å². The molecule has 1 aliphatic heterocycles. The average Bonchev–Trinajstić information content (AvgIpc) is 3.09. The largest absolute Gasteiger partial charge is 0.480 e. The fourth-order valence-corrected chi connectivity index (χ4v) is 5.86. The summed E-state index contributed by atoms with van der Waals surface area (Å²) in [4.78, 5) is 28.9. The topological polar surface area (TPSA) is 70.7 Å². The molecule has 1 heterocycles. The van der Waals surface area contributed by atoms with E-state index >= 15 is 0 Å². The van der Waals surface area contributed by atoms with Crippen LogP contribution in [0.4, 0.5) is 16.2 Å². The van der Waals surface area contributed by atoms with Gasteiger partial charge in [-0.25, -0.2) is 4.79 Å². The third kappa shape index (κ3) is 7.78. The van der Waals surface area contributed by atoms with Crippen molar-refractivity contribution in [3.05, 3.63) is 162 Å². The van der Waals surface area contributed by atoms with E-state index in [1.54, 1.807) is 18.2 Å². The molecule has 1 aliphatic rings. The first-order chi connectivity index (χ1) is 22.1. The first-order valence-corrected chi connectivity index (χ1v) is 15.5. The van der Waals surface area contributed by atoms with Crippen molar-refractivity contribution in [2.45, 2.75) is 25.4 Å². The minimum Gasteiger partial charge on any atom is -0.480 e. The van der Waals surface area contributed by atoms with Crippen LogP contribution >= 0.6 is 0 Å². The van der Waals surface area contributed by atoms with Crippen LogP contribution in [0.3, 0.4) is 0 Å². The number of amides is 3. The number of carbonyl (C=O) groups excluding carboxylic acids is 2. The Morgan fingerprint density at radius 2 is 1.20 bits per heavy atom. The van der Waals surface area contributed by atoms with Gasteiger partial charge in [-0.3, -0.25) is 4.79 Å². The molecule has 3 amide bonds. The van der Waals surface area contributed by atoms with Gasteiger partial charge in [-0.15, -0.1) is 0 Å². The Kier molecular flexibility index (Phi) is 9.51. The van der Waals surface area contributed by atoms with Crippen LogP contribution in [0.15, 0.2) is 140 Å². The van der Waals surface area contributed by atoms with E-state index in [1.807, 2.05) is 102 Å². The Hall–Kier alpha value is -5.36. The summed E-state index contributed by atoms with van der Waals surface area (Å²) < 4.78 is 6.71. The number of carbonyl (C=O) groups is 2. The molecule has 6 heteroatoms. The highest BCUT2D eigenvalue weighted by molar-refractivity contribution is 6.02. The monoisotopic (exact) mass is 595 g/mol. The normalized spacial score (nSPS) is 13.3. The number of hydrogen-bond acceptors (Lipinski definition) is 3. The number of urea groups is 1. The van der Waals surface area contributed by atoms with Gasteiger partial charge in [-0.1, -0.05) is 109 Å². The summed E-state index contributed by atoms with van der Waals surface area (Å²) in [6.45, 7) is 1.34. The van der Waals surface area contributed by atoms with Crippen LogP contribution in [-0.2, 0) is 6.42 Å². The lowest BCUT2D eigenvalue weighted by Gasteiger charge is -2.33. The lowest BCUT2D eigenvalue weighted by atomic mass is 9.90. The zero-order valence-corrected chi connectivity index (χ0v) is 25.1. The molecule has 2 N–H and O–H groups in total. The predicted octanol–water partition coefficient (Wildman–Crippen LogP) is 8.59. The van der Waals surface area contributed by atoms with Gasteiger partial charge in [0.25, 0.3) is 5.91 Å². The molecule has 1 saturated heterocycles. The van der Waals surface area contributed by atoms with E-state index in [2.05, 4.69) is 34.9 Å². The molecule has 0 spiro atoms. The van der Waals surface area contributed by atoms with E-state index in [-0.39, 0.29) is 11.9 Å². The molecule has 1 fully saturated rings. The van der Waals surface area contributed by atoms with Gasteiger partial charge in [0.1, 0.15) is 11.9 Å². The van der Waals surface area contributed by atoms with Crippen molar-refractivity contribution < 1.29 is 14.3 Å². The number of anilines is 2. The van der Waals surface area contributed by atoms with Crippen molar-refractivity contribution in [2.75, 3.05) is 23.7 Å². The van der Waals surface area contributed by atoms with Gasteiger partial charge in [0.15, 0.2) is 0 Å². The minimum absolute atomic E-state index is 0.102. The fourth-order valence-electron chi connectivity index (χ4n) is 5.86. The maximum Gasteiger partial charge on any atom is 0.323 e. The van der Waals surface area contributed by atoms with Gasteiger partial charge in [0.2, 0.25) is 0 Å². The summed E-state index contributed by atoms with van der Waals surface area (Å²) in [5.74, 6) is 0.899. The summed E-state index contributed by atoms with van der Waals surface area (Å²) in [6.07, 6.45) is 2.47. The van der Waals surface area contributed by atoms with Crippen LogP contribution in [0.1, 0.15) is 46.0 Å². The van der Waals surface area contributed by atoms with E-state index in [9.17, 15) is 9.59 Å². The second-order valence-electron chi connectivity index (χ2n) is 11.4. The van der Waals surface area contributed by atoms with Gasteiger partial charge in [0, 0.05) is 24.5 Å². The van der Waals surface area contributed by atoms with Gasteiger partial charge < -0.3 is 20.3 Å². The molecule has 0 aromatic heterocycles. The summed E-state index contributed by atoms with van der Waals surface area (Å²) in [6, 6.07) is 44.7. The van der Waals surface area contributed by atoms with Gasteiger partial charge in [-0.05, 0) is 72.2 Å². The molecule has 0 saturated carbocycles. The van der Waals surface area contributed by atoms with Crippen molar-refractivity contribution in [1.82, 2.24) is 4.90 Å². The summed E-state index contributed by atoms with van der Waals surface area (Å²) in [7, 11) is 0. The molecule has 0 atom stereocenters. The third-order valence-electron chi connectivity index (χ3n) is 8.22. The number of hydrogen-bond donors (Lipinski definition) is 2. The van der Waals surface area contributed by atoms with E-state index in [1.165, 1.54) is 5.56 Å². The summed E-state index contributed by atoms with van der Waals surface area (Å²) in [5, 5.41) is 5.73. The molecule has 6 nitrogen and oxygen atoms in total. The Morgan fingerprint density at radius 1 is 0.667 bits per heavy atom. The molecule has 5 aromatic rings. The van der Waals surface area contributed by atoms with Gasteiger partial charge >= 0.3 is 6.03 Å². The standard InChI is InChI=1S/C39H37N3O3/c43-38(42-25-23-30(24-26-42)27-29-13-5-1-6-14-29)35-28-34(41-39(44)40-33-19-11-4-12-20-33)21-22-36(35)45-37(31-15-7-2-8-16-31)32-17-9-3-10-18-32/h1-22,28,30,37H,23-27H2,(H2,40,41,44). The third-order valence-corrected chi connectivity index (χ3v) is 8.22. The van der Waals surface area contributed by atoms with Crippen LogP contribution in [0.5, 0.6) is 5.75 Å². The maximum absolute atomic E-state index is 14.2. The number of likely N-dealkylation sites (tertiary alicyclic amines) is 1. The zero-order chi connectivity index (χ0) is 30.8. The highest BCUT2D eigenvalue weighted by atomic mass is 16.5. The van der Waals surface area contributed by atoms with Crippen molar-refractivity contribution >= 4 is 23.3 Å². The minimum atomic E-state index is -0.421. The molecular weight excluding hydrogens is 558 g/mol. The summed E-state index contributed by atoms with van der Waals surface area (Å²) >= 11 is 0. The van der Waals surface area contributed by atoms with Crippen molar-refractivity contribution in [1.29, 1.82) is 0 Å². The molecule has 226 valence electrons. The van der Waals surface area contributed by atoms with Crippen molar-refractivity contribution in [2.24, 2.45) is 5.92 Å². The highest BCUT2D eigenvalue weighted by Gasteiger charge is 2.28. The molecule has 0 aliphatic carbocycles. The van der Waals surface area contributed by atoms with Crippen LogP contribution in [0.2, 0.25) is 0 Å². The van der Waals surface area contributed by atoms with Crippen molar-refractivity contribution in [3.63, 3.8) is 0 Å². The molecule has 0 bridgehead atoms. The van der Waals surface area contributed by atoms with Crippen LogP contribution in [-0.4, -0.2) is 29.9 Å². The van der Waals surface area contributed by atoms with Crippen molar-refractivity contribution in [3.8, 4) is 5.75 Å². The second kappa shape index (κ2) is 14.4. The average molecular weight is 596 g/mol. The number of piperidine rings is 1. The number of para-hydroxylation sites is 1. The van der Waals surface area contributed by atoms with Crippen LogP contribution in [0.25, 0.3) is 0 Å². The Labute approximate surface area is 264 Å². The highest BCUT2D eigenvalue weighted by Crippen LogP contribution is 2.34. The van der Waals surface area contributed by atoms with E-state index in [0.29, 0.717) is 41.7 Å². The smallest absolute Gasteiger partial charge is 0.323 e. The fraction of sp³-hybridized carbons (Fsp3) is 0.179. The quantitative estimate of drug-likeness (QED) is 0.179. The Bertz CT molecular complexity index is 1650. The Balaban J connectivity index is 1.26. The summed E-state index contributed by atoms with van der Waals surface area (Å²) in [5.41, 5.74) is 4.90. The van der Waals surface area contributed by atoms with E-state index in [4.69, 9.17) is 4.74 Å². The first kappa shape index (κ1) is 29.7. The molecule has 0 unspecified atom stereocenters.